The first kappa shape index (κ1) is 20.9. The molecule has 1 N–H and O–H groups in total. The molecule has 0 aromatic heterocycles. The molecule has 0 saturated carbocycles. The molecule has 2 aromatic rings. The van der Waals surface area contributed by atoms with Crippen molar-refractivity contribution >= 4 is 39.0 Å². The summed E-state index contributed by atoms with van der Waals surface area (Å²) in [5.41, 5.74) is 1.86. The predicted octanol–water partition coefficient (Wildman–Crippen LogP) is 4.31. The number of nitrogens with zero attached hydrogens (tertiary/aromatic N) is 1. The van der Waals surface area contributed by atoms with Crippen LogP contribution in [0.15, 0.2) is 52.6 Å². The quantitative estimate of drug-likeness (QED) is 0.625. The van der Waals surface area contributed by atoms with Gasteiger partial charge in [0.25, 0.3) is 11.8 Å². The lowest BCUT2D eigenvalue weighted by molar-refractivity contribution is -0.137. The number of imide groups is 1. The van der Waals surface area contributed by atoms with Gasteiger partial charge in [0.2, 0.25) is 0 Å². The van der Waals surface area contributed by atoms with Crippen molar-refractivity contribution in [1.82, 2.24) is 4.90 Å². The third-order valence-electron chi connectivity index (χ3n) is 4.48. The minimum atomic E-state index is -0.339. The van der Waals surface area contributed by atoms with Crippen LogP contribution < -0.4 is 14.8 Å². The Morgan fingerprint density at radius 2 is 1.72 bits per heavy atom. The molecule has 3 rings (SSSR count). The van der Waals surface area contributed by atoms with Gasteiger partial charge in [-0.05, 0) is 41.8 Å². The number of carbonyl (C=O) groups is 2. The molecule has 0 fully saturated rings. The Balaban J connectivity index is 2.11. The molecule has 0 bridgehead atoms. The van der Waals surface area contributed by atoms with Crippen LogP contribution in [0.2, 0.25) is 0 Å². The maximum atomic E-state index is 13.2. The fraction of sp³-hybridized carbons (Fsp3) is 0.273. The lowest BCUT2D eigenvalue weighted by atomic mass is 10.0. The molecule has 0 spiro atoms. The second-order valence-electron chi connectivity index (χ2n) is 7.07. The molecule has 152 valence electrons. The Hall–Kier alpha value is -2.80. The Labute approximate surface area is 178 Å². The normalized spacial score (nSPS) is 14.1. The van der Waals surface area contributed by atoms with Crippen LogP contribution in [0.5, 0.6) is 11.5 Å². The summed E-state index contributed by atoms with van der Waals surface area (Å²) in [5.74, 6) is 0.526. The highest BCUT2D eigenvalue weighted by Crippen LogP contribution is 2.36. The first-order valence-corrected chi connectivity index (χ1v) is 10.0. The van der Waals surface area contributed by atoms with Crippen LogP contribution in [0.4, 0.5) is 5.69 Å². The minimum absolute atomic E-state index is 0.153. The molecule has 1 aliphatic rings. The highest BCUT2D eigenvalue weighted by atomic mass is 79.9. The van der Waals surface area contributed by atoms with Crippen molar-refractivity contribution in [3.05, 3.63) is 58.2 Å². The van der Waals surface area contributed by atoms with E-state index in [1.807, 2.05) is 38.1 Å². The number of hydrogen-bond donors (Lipinski definition) is 1. The molecular formula is C22H23BrN2O4. The number of halogens is 1. The van der Waals surface area contributed by atoms with Crippen LogP contribution in [0.1, 0.15) is 19.4 Å². The van der Waals surface area contributed by atoms with Gasteiger partial charge >= 0.3 is 0 Å². The van der Waals surface area contributed by atoms with Crippen molar-refractivity contribution in [2.75, 3.05) is 26.1 Å². The average Bonchev–Trinajstić information content (AvgIpc) is 2.91. The number of hydrogen-bond acceptors (Lipinski definition) is 5. The molecule has 1 heterocycles. The van der Waals surface area contributed by atoms with Crippen molar-refractivity contribution < 1.29 is 19.1 Å². The van der Waals surface area contributed by atoms with Gasteiger partial charge in [0, 0.05) is 16.7 Å². The summed E-state index contributed by atoms with van der Waals surface area (Å²) in [5, 5.41) is 3.15. The van der Waals surface area contributed by atoms with Crippen LogP contribution in [0.3, 0.4) is 0 Å². The van der Waals surface area contributed by atoms with Gasteiger partial charge in [-0.25, -0.2) is 0 Å². The van der Waals surface area contributed by atoms with E-state index >= 15 is 0 Å². The molecule has 0 saturated heterocycles. The fourth-order valence-electron chi connectivity index (χ4n) is 3.19. The van der Waals surface area contributed by atoms with Gasteiger partial charge < -0.3 is 14.8 Å². The van der Waals surface area contributed by atoms with Crippen LogP contribution in [-0.2, 0) is 9.59 Å². The lowest BCUT2D eigenvalue weighted by Crippen LogP contribution is -2.35. The zero-order valence-electron chi connectivity index (χ0n) is 16.8. The molecule has 0 atom stereocenters. The van der Waals surface area contributed by atoms with Gasteiger partial charge in [-0.15, -0.1) is 0 Å². The van der Waals surface area contributed by atoms with Gasteiger partial charge in [-0.1, -0.05) is 41.9 Å². The highest BCUT2D eigenvalue weighted by Gasteiger charge is 2.39. The fourth-order valence-corrected chi connectivity index (χ4v) is 3.59. The number of nitrogens with one attached hydrogen (secondary N) is 1. The first-order valence-electron chi connectivity index (χ1n) is 9.21. The van der Waals surface area contributed by atoms with Crippen LogP contribution >= 0.6 is 15.9 Å². The van der Waals surface area contributed by atoms with Crippen molar-refractivity contribution in [2.24, 2.45) is 5.92 Å². The molecule has 1 aliphatic heterocycles. The molecule has 6 nitrogen and oxygen atoms in total. The van der Waals surface area contributed by atoms with Gasteiger partial charge in [0.1, 0.15) is 5.70 Å². The van der Waals surface area contributed by atoms with E-state index < -0.39 is 0 Å². The smallest absolute Gasteiger partial charge is 0.278 e. The third-order valence-corrected chi connectivity index (χ3v) is 4.98. The van der Waals surface area contributed by atoms with Crippen molar-refractivity contribution in [1.29, 1.82) is 0 Å². The summed E-state index contributed by atoms with van der Waals surface area (Å²) in [6.07, 6.45) is 0. The summed E-state index contributed by atoms with van der Waals surface area (Å²) < 4.78 is 11.5. The van der Waals surface area contributed by atoms with Gasteiger partial charge in [0.05, 0.1) is 19.8 Å². The van der Waals surface area contributed by atoms with Gasteiger partial charge in [0.15, 0.2) is 11.5 Å². The van der Waals surface area contributed by atoms with E-state index in [9.17, 15) is 9.59 Å². The van der Waals surface area contributed by atoms with E-state index in [4.69, 9.17) is 9.47 Å². The summed E-state index contributed by atoms with van der Waals surface area (Å²) in [6.45, 7) is 4.28. The Morgan fingerprint density at radius 3 is 2.34 bits per heavy atom. The zero-order chi connectivity index (χ0) is 21.1. The number of ether oxygens (including phenoxy) is 2. The average molecular weight is 459 g/mol. The number of methoxy groups -OCH3 is 2. The minimum Gasteiger partial charge on any atom is -0.493 e. The van der Waals surface area contributed by atoms with Crippen LogP contribution in [0, 0.1) is 5.92 Å². The van der Waals surface area contributed by atoms with E-state index in [0.29, 0.717) is 34.9 Å². The Morgan fingerprint density at radius 1 is 1.00 bits per heavy atom. The van der Waals surface area contributed by atoms with Crippen molar-refractivity contribution in [3.63, 3.8) is 0 Å². The lowest BCUT2D eigenvalue weighted by Gasteiger charge is -2.17. The van der Waals surface area contributed by atoms with E-state index in [0.717, 1.165) is 4.47 Å². The summed E-state index contributed by atoms with van der Waals surface area (Å²) in [4.78, 5) is 27.6. The number of amides is 2. The third kappa shape index (κ3) is 4.29. The predicted molar refractivity (Wildman–Crippen MR) is 116 cm³/mol. The summed E-state index contributed by atoms with van der Waals surface area (Å²) in [6, 6.07) is 12.6. The SMILES string of the molecule is COc1ccc(C2=C(Nc3cccc(Br)c3)C(=O)N(CC(C)C)C2=O)cc1OC. The van der Waals surface area contributed by atoms with E-state index in [1.165, 1.54) is 12.0 Å². The highest BCUT2D eigenvalue weighted by molar-refractivity contribution is 9.10. The Bertz CT molecular complexity index is 985. The van der Waals surface area contributed by atoms with Crippen LogP contribution in [0.25, 0.3) is 5.57 Å². The largest absolute Gasteiger partial charge is 0.493 e. The Kier molecular flexibility index (Phi) is 6.27. The molecule has 29 heavy (non-hydrogen) atoms. The second-order valence-corrected chi connectivity index (χ2v) is 7.99. The van der Waals surface area contributed by atoms with Crippen molar-refractivity contribution in [2.45, 2.75) is 13.8 Å². The maximum absolute atomic E-state index is 13.2. The summed E-state index contributed by atoms with van der Waals surface area (Å²) in [7, 11) is 3.08. The molecule has 0 radical (unpaired) electrons. The van der Waals surface area contributed by atoms with Crippen LogP contribution in [-0.4, -0.2) is 37.5 Å². The molecule has 2 aromatic carbocycles. The maximum Gasteiger partial charge on any atom is 0.278 e. The topological polar surface area (TPSA) is 67.9 Å². The first-order chi connectivity index (χ1) is 13.8. The van der Waals surface area contributed by atoms with E-state index in [-0.39, 0.29) is 23.4 Å². The molecule has 7 heteroatoms. The molecular weight excluding hydrogens is 436 g/mol. The number of rotatable bonds is 7. The number of carbonyl (C=O) groups excluding carboxylic acids is 2. The van der Waals surface area contributed by atoms with E-state index in [1.54, 1.807) is 25.3 Å². The van der Waals surface area contributed by atoms with E-state index in [2.05, 4.69) is 21.2 Å². The molecule has 0 unspecified atom stereocenters. The van der Waals surface area contributed by atoms with Crippen molar-refractivity contribution in [3.8, 4) is 11.5 Å². The zero-order valence-corrected chi connectivity index (χ0v) is 18.4. The van der Waals surface area contributed by atoms with Gasteiger partial charge in [-0.3, -0.25) is 14.5 Å². The number of anilines is 1. The second kappa shape index (κ2) is 8.69. The van der Waals surface area contributed by atoms with Gasteiger partial charge in [-0.2, -0.15) is 0 Å². The monoisotopic (exact) mass is 458 g/mol. The summed E-state index contributed by atoms with van der Waals surface area (Å²) >= 11 is 3.43. The molecule has 2 amide bonds. The number of benzene rings is 2. The standard InChI is InChI=1S/C22H23BrN2O4/c1-13(2)12-25-21(26)19(14-8-9-17(28-3)18(10-14)29-4)20(22(25)27)24-16-7-5-6-15(23)11-16/h5-11,13,24H,12H2,1-4H3. The molecule has 0 aliphatic carbocycles.